The van der Waals surface area contributed by atoms with E-state index in [2.05, 4.69) is 4.99 Å². The number of thiazole rings is 1. The van der Waals surface area contributed by atoms with Gasteiger partial charge in [0.25, 0.3) is 11.2 Å². The van der Waals surface area contributed by atoms with E-state index in [0.29, 0.717) is 62.3 Å². The predicted molar refractivity (Wildman–Crippen MR) is 160 cm³/mol. The summed E-state index contributed by atoms with van der Waals surface area (Å²) in [6.07, 6.45) is 3.01. The van der Waals surface area contributed by atoms with Gasteiger partial charge in [0.15, 0.2) is 16.3 Å². The summed E-state index contributed by atoms with van der Waals surface area (Å²) in [5, 5.41) is 11.5. The number of carbonyl (C=O) groups excluding carboxylic acids is 1. The van der Waals surface area contributed by atoms with E-state index in [0.717, 1.165) is 16.9 Å². The van der Waals surface area contributed by atoms with Crippen molar-refractivity contribution in [3.05, 3.63) is 106 Å². The topological polar surface area (TPSA) is 135 Å². The van der Waals surface area contributed by atoms with Gasteiger partial charge < -0.3 is 18.6 Å². The van der Waals surface area contributed by atoms with Gasteiger partial charge in [0, 0.05) is 29.5 Å². The van der Waals surface area contributed by atoms with E-state index in [1.54, 1.807) is 50.3 Å². The fourth-order valence-corrected chi connectivity index (χ4v) is 5.82. The third-order valence-electron chi connectivity index (χ3n) is 7.03. The number of fused-ring (bicyclic) bond motifs is 1. The molecule has 43 heavy (non-hydrogen) atoms. The Hall–Kier alpha value is -4.97. The van der Waals surface area contributed by atoms with Gasteiger partial charge in [-0.15, -0.1) is 0 Å². The van der Waals surface area contributed by atoms with Gasteiger partial charge in [0.1, 0.15) is 11.5 Å². The Labute approximate surface area is 250 Å². The van der Waals surface area contributed by atoms with Crippen LogP contribution in [0.1, 0.15) is 42.3 Å². The van der Waals surface area contributed by atoms with Crippen LogP contribution in [0.3, 0.4) is 0 Å². The summed E-state index contributed by atoms with van der Waals surface area (Å²) < 4.78 is 24.3. The van der Waals surface area contributed by atoms with Crippen LogP contribution in [0, 0.1) is 24.0 Å². The zero-order valence-electron chi connectivity index (χ0n) is 24.2. The highest BCUT2D eigenvalue weighted by Crippen LogP contribution is 2.35. The molecule has 2 aromatic carbocycles. The lowest BCUT2D eigenvalue weighted by molar-refractivity contribution is -0.385. The third kappa shape index (κ3) is 5.61. The monoisotopic (exact) mass is 603 g/mol. The fourth-order valence-electron chi connectivity index (χ4n) is 4.87. The lowest BCUT2D eigenvalue weighted by Crippen LogP contribution is -2.39. The van der Waals surface area contributed by atoms with Crippen molar-refractivity contribution in [2.24, 2.45) is 4.99 Å². The van der Waals surface area contributed by atoms with Gasteiger partial charge in [-0.05, 0) is 69.2 Å². The smallest absolute Gasteiger partial charge is 0.337 e. The number of hydrogen-bond donors (Lipinski definition) is 0. The van der Waals surface area contributed by atoms with Crippen LogP contribution >= 0.6 is 11.3 Å². The lowest BCUT2D eigenvalue weighted by Gasteiger charge is -2.23. The number of aryl methyl sites for hydroxylation is 1. The Morgan fingerprint density at radius 2 is 1.86 bits per heavy atom. The van der Waals surface area contributed by atoms with Crippen molar-refractivity contribution in [1.29, 1.82) is 0 Å². The van der Waals surface area contributed by atoms with E-state index in [1.165, 1.54) is 23.9 Å². The van der Waals surface area contributed by atoms with E-state index in [4.69, 9.17) is 18.6 Å². The van der Waals surface area contributed by atoms with Crippen LogP contribution in [0.5, 0.6) is 11.5 Å². The number of furan rings is 1. The molecule has 0 radical (unpaired) electrons. The van der Waals surface area contributed by atoms with E-state index >= 15 is 0 Å². The second-order valence-corrected chi connectivity index (χ2v) is 10.7. The van der Waals surface area contributed by atoms with Gasteiger partial charge in [-0.1, -0.05) is 17.4 Å². The van der Waals surface area contributed by atoms with Gasteiger partial charge in [-0.2, -0.15) is 0 Å². The molecule has 0 saturated heterocycles. The minimum absolute atomic E-state index is 0.00412. The molecule has 0 unspecified atom stereocenters. The van der Waals surface area contributed by atoms with Crippen molar-refractivity contribution in [3.8, 4) is 22.8 Å². The molecule has 1 aliphatic heterocycles. The Morgan fingerprint density at radius 1 is 1.12 bits per heavy atom. The van der Waals surface area contributed by atoms with Gasteiger partial charge in [0.05, 0.1) is 41.4 Å². The zero-order chi connectivity index (χ0) is 30.8. The maximum Gasteiger partial charge on any atom is 0.337 e. The number of ether oxygens (including phenoxy) is 3. The molecule has 4 aromatic rings. The average molecular weight is 604 g/mol. The Morgan fingerprint density at radius 3 is 2.56 bits per heavy atom. The number of benzene rings is 2. The summed E-state index contributed by atoms with van der Waals surface area (Å²) in [6.45, 7) is 8.06. The Bertz CT molecular complexity index is 1950. The van der Waals surface area contributed by atoms with Crippen LogP contribution in [0.25, 0.3) is 17.4 Å². The number of rotatable bonds is 9. The maximum atomic E-state index is 13.8. The quantitative estimate of drug-likeness (QED) is 0.154. The first-order valence-electron chi connectivity index (χ1n) is 13.5. The lowest BCUT2D eigenvalue weighted by atomic mass is 9.97. The van der Waals surface area contributed by atoms with Crippen LogP contribution in [-0.4, -0.2) is 35.8 Å². The molecule has 1 atom stereocenters. The molecule has 11 nitrogen and oxygen atoms in total. The van der Waals surface area contributed by atoms with E-state index in [9.17, 15) is 19.7 Å². The van der Waals surface area contributed by atoms with E-state index in [-0.39, 0.29) is 16.8 Å². The molecular weight excluding hydrogens is 574 g/mol. The van der Waals surface area contributed by atoms with Crippen LogP contribution in [0.2, 0.25) is 0 Å². The Balaban J connectivity index is 1.60. The molecular formula is C31H29N3O8S. The highest BCUT2D eigenvalue weighted by Gasteiger charge is 2.31. The summed E-state index contributed by atoms with van der Waals surface area (Å²) in [6, 6.07) is 11.1. The highest BCUT2D eigenvalue weighted by molar-refractivity contribution is 7.07. The van der Waals surface area contributed by atoms with Crippen molar-refractivity contribution < 1.29 is 28.3 Å². The van der Waals surface area contributed by atoms with Gasteiger partial charge in [-0.3, -0.25) is 19.5 Å². The van der Waals surface area contributed by atoms with Crippen molar-refractivity contribution in [1.82, 2.24) is 4.57 Å². The Kier molecular flexibility index (Phi) is 8.31. The average Bonchev–Trinajstić information content (AvgIpc) is 3.59. The number of esters is 1. The largest absolute Gasteiger partial charge is 0.490 e. The van der Waals surface area contributed by atoms with Gasteiger partial charge in [-0.25, -0.2) is 9.79 Å². The number of nitro benzene ring substituents is 1. The first kappa shape index (κ1) is 29.5. The summed E-state index contributed by atoms with van der Waals surface area (Å²) in [5.41, 5.74) is 2.33. The fraction of sp³-hybridized carbons (Fsp3) is 0.258. The summed E-state index contributed by atoms with van der Waals surface area (Å²) >= 11 is 1.14. The van der Waals surface area contributed by atoms with E-state index in [1.807, 2.05) is 19.9 Å². The second-order valence-electron chi connectivity index (χ2n) is 9.64. The summed E-state index contributed by atoms with van der Waals surface area (Å²) in [4.78, 5) is 42.5. The molecule has 3 heterocycles. The standard InChI is InChI=1S/C31H29N3O8S/c1-6-40-25-10-8-19(14-26(25)41-7-2)28-22(30(36)39-5)16-32-31-33(28)29(35)27(43-31)15-21-9-11-24(42-21)20-12-17(3)18(4)23(13-20)34(37)38/h8-16,28H,6-7H2,1-5H3/b27-15+/t28-/m1/s1. The minimum Gasteiger partial charge on any atom is -0.490 e. The first-order chi connectivity index (χ1) is 20.7. The van der Waals surface area contributed by atoms with Gasteiger partial charge in [0.2, 0.25) is 0 Å². The molecule has 0 N–H and O–H groups in total. The molecule has 0 aliphatic carbocycles. The highest BCUT2D eigenvalue weighted by atomic mass is 32.1. The zero-order valence-corrected chi connectivity index (χ0v) is 25.0. The van der Waals surface area contributed by atoms with Crippen molar-refractivity contribution >= 4 is 29.1 Å². The number of aromatic nitrogens is 1. The van der Waals surface area contributed by atoms with Gasteiger partial charge >= 0.3 is 5.97 Å². The van der Waals surface area contributed by atoms with Crippen LogP contribution in [0.4, 0.5) is 5.69 Å². The van der Waals surface area contributed by atoms with Crippen LogP contribution in [-0.2, 0) is 9.53 Å². The molecule has 1 aliphatic rings. The van der Waals surface area contributed by atoms with Crippen molar-refractivity contribution in [2.45, 2.75) is 33.7 Å². The molecule has 0 spiro atoms. The number of methoxy groups -OCH3 is 1. The normalized spacial score (nSPS) is 14.5. The minimum atomic E-state index is -0.830. The third-order valence-corrected chi connectivity index (χ3v) is 8.03. The molecule has 0 bridgehead atoms. The van der Waals surface area contributed by atoms with Crippen molar-refractivity contribution in [2.75, 3.05) is 20.3 Å². The molecule has 5 rings (SSSR count). The SMILES string of the molecule is CCOc1ccc([C@@H]2C(C(=O)OC)=CN=c3s/c(=C/c4ccc(-c5cc(C)c(C)c([N+](=O)[O-])c5)o4)c(=O)n32)cc1OCC. The molecule has 0 fully saturated rings. The summed E-state index contributed by atoms with van der Waals surface area (Å²) in [7, 11) is 1.27. The summed E-state index contributed by atoms with van der Waals surface area (Å²) in [5.74, 6) is 1.22. The molecule has 0 amide bonds. The number of nitro groups is 1. The number of hydrogen-bond acceptors (Lipinski definition) is 10. The van der Waals surface area contributed by atoms with Crippen LogP contribution < -0.4 is 24.4 Å². The van der Waals surface area contributed by atoms with E-state index < -0.39 is 16.9 Å². The predicted octanol–water partition coefficient (Wildman–Crippen LogP) is 4.60. The second kappa shape index (κ2) is 12.1. The molecule has 0 saturated carbocycles. The first-order valence-corrected chi connectivity index (χ1v) is 14.3. The molecule has 12 heteroatoms. The number of carbonyl (C=O) groups is 1. The molecule has 222 valence electrons. The van der Waals surface area contributed by atoms with Crippen molar-refractivity contribution in [3.63, 3.8) is 0 Å². The maximum absolute atomic E-state index is 13.8. The number of nitrogens with zero attached hydrogens (tertiary/aromatic N) is 3. The van der Waals surface area contributed by atoms with Crippen LogP contribution in [0.15, 0.2) is 68.4 Å². The molecule has 2 aromatic heterocycles.